The smallest absolute Gasteiger partial charge is 0.242 e. The second kappa shape index (κ2) is 5.39. The predicted octanol–water partition coefficient (Wildman–Crippen LogP) is 0.534. The molecule has 0 radical (unpaired) electrons. The van der Waals surface area contributed by atoms with Crippen molar-refractivity contribution >= 4 is 10.0 Å². The molecule has 0 amide bonds. The number of nitriles is 2. The van der Waals surface area contributed by atoms with Crippen molar-refractivity contribution in [3.63, 3.8) is 0 Å². The number of nitrogens with one attached hydrogen (secondary N) is 1. The molecule has 0 saturated carbocycles. The zero-order valence-electron chi connectivity index (χ0n) is 9.08. The van der Waals surface area contributed by atoms with Crippen LogP contribution >= 0.6 is 0 Å². The van der Waals surface area contributed by atoms with Crippen LogP contribution in [0.3, 0.4) is 0 Å². The first-order valence-electron chi connectivity index (χ1n) is 4.75. The van der Waals surface area contributed by atoms with Crippen LogP contribution in [-0.4, -0.2) is 19.4 Å². The van der Waals surface area contributed by atoms with Gasteiger partial charge < -0.3 is 0 Å². The Morgan fingerprint density at radius 1 is 1.47 bits per heavy atom. The van der Waals surface area contributed by atoms with E-state index in [4.69, 9.17) is 10.5 Å². The Kier molecular flexibility index (Phi) is 4.16. The summed E-state index contributed by atoms with van der Waals surface area (Å²) < 4.78 is 25.9. The first-order chi connectivity index (χ1) is 7.99. The molecule has 1 rings (SSSR count). The van der Waals surface area contributed by atoms with Crippen LogP contribution in [0.25, 0.3) is 0 Å². The molecule has 0 spiro atoms. The summed E-state index contributed by atoms with van der Waals surface area (Å²) in [4.78, 5) is 3.64. The van der Waals surface area contributed by atoms with Gasteiger partial charge in [-0.1, -0.05) is 0 Å². The predicted molar refractivity (Wildman–Crippen MR) is 59.0 cm³/mol. The average Bonchev–Trinajstić information content (AvgIpc) is 2.28. The number of pyridine rings is 1. The highest BCUT2D eigenvalue weighted by Gasteiger charge is 2.17. The fraction of sp³-hybridized carbons (Fsp3) is 0.300. The number of hydrogen-bond acceptors (Lipinski definition) is 5. The van der Waals surface area contributed by atoms with E-state index in [2.05, 4.69) is 9.71 Å². The van der Waals surface area contributed by atoms with E-state index in [1.165, 1.54) is 12.1 Å². The summed E-state index contributed by atoms with van der Waals surface area (Å²) >= 11 is 0. The Morgan fingerprint density at radius 2 is 2.18 bits per heavy atom. The van der Waals surface area contributed by atoms with Crippen LogP contribution in [0.5, 0.6) is 0 Å². The summed E-state index contributed by atoms with van der Waals surface area (Å²) in [5.74, 6) is 0. The van der Waals surface area contributed by atoms with Crippen LogP contribution in [0.15, 0.2) is 23.2 Å². The summed E-state index contributed by atoms with van der Waals surface area (Å²) in [5.41, 5.74) is 0.147. The van der Waals surface area contributed by atoms with Gasteiger partial charge in [-0.15, -0.1) is 0 Å². The molecule has 1 heterocycles. The van der Waals surface area contributed by atoms with Crippen molar-refractivity contribution in [1.29, 1.82) is 10.5 Å². The molecule has 1 unspecified atom stereocenters. The van der Waals surface area contributed by atoms with Gasteiger partial charge in [0.25, 0.3) is 0 Å². The van der Waals surface area contributed by atoms with Crippen molar-refractivity contribution in [1.82, 2.24) is 9.71 Å². The number of nitrogens with zero attached hydrogens (tertiary/aromatic N) is 3. The van der Waals surface area contributed by atoms with Gasteiger partial charge >= 0.3 is 0 Å². The number of aromatic nitrogens is 1. The van der Waals surface area contributed by atoms with Crippen LogP contribution < -0.4 is 4.72 Å². The minimum absolute atomic E-state index is 0.0266. The van der Waals surface area contributed by atoms with Crippen LogP contribution in [-0.2, 0) is 10.0 Å². The van der Waals surface area contributed by atoms with Crippen molar-refractivity contribution in [2.24, 2.45) is 0 Å². The van der Waals surface area contributed by atoms with Crippen LogP contribution in [0.2, 0.25) is 0 Å². The molecule has 0 aliphatic heterocycles. The van der Waals surface area contributed by atoms with E-state index < -0.39 is 16.1 Å². The van der Waals surface area contributed by atoms with Gasteiger partial charge in [-0.25, -0.2) is 18.1 Å². The molecule has 1 atom stereocenters. The summed E-state index contributed by atoms with van der Waals surface area (Å²) in [7, 11) is -3.68. The monoisotopic (exact) mass is 250 g/mol. The lowest BCUT2D eigenvalue weighted by Gasteiger charge is -2.10. The van der Waals surface area contributed by atoms with Gasteiger partial charge in [0, 0.05) is 12.2 Å². The molecule has 88 valence electrons. The third-order valence-corrected chi connectivity index (χ3v) is 3.49. The Labute approximate surface area is 99.6 Å². The number of rotatable bonds is 4. The van der Waals surface area contributed by atoms with Gasteiger partial charge in [-0.2, -0.15) is 10.5 Å². The maximum Gasteiger partial charge on any atom is 0.242 e. The van der Waals surface area contributed by atoms with Crippen molar-refractivity contribution in [2.45, 2.75) is 24.3 Å². The van der Waals surface area contributed by atoms with E-state index in [1.54, 1.807) is 13.0 Å². The third-order valence-electron chi connectivity index (χ3n) is 1.92. The van der Waals surface area contributed by atoms with Crippen LogP contribution in [0, 0.1) is 22.7 Å². The third kappa shape index (κ3) is 3.52. The molecule has 17 heavy (non-hydrogen) atoms. The highest BCUT2D eigenvalue weighted by molar-refractivity contribution is 7.89. The maximum absolute atomic E-state index is 11.8. The first-order valence-corrected chi connectivity index (χ1v) is 6.23. The lowest BCUT2D eigenvalue weighted by Crippen LogP contribution is -2.32. The van der Waals surface area contributed by atoms with Gasteiger partial charge in [-0.3, -0.25) is 0 Å². The van der Waals surface area contributed by atoms with E-state index in [9.17, 15) is 8.42 Å². The molecule has 0 aliphatic rings. The Hall–Kier alpha value is -1.96. The van der Waals surface area contributed by atoms with Crippen molar-refractivity contribution in [2.75, 3.05) is 0 Å². The summed E-state index contributed by atoms with van der Waals surface area (Å²) in [6.07, 6.45) is 1.20. The molecule has 1 aromatic heterocycles. The molecule has 0 aromatic carbocycles. The summed E-state index contributed by atoms with van der Waals surface area (Å²) in [6, 6.07) is 5.82. The molecule has 6 nitrogen and oxygen atoms in total. The largest absolute Gasteiger partial charge is 0.244 e. The molecule has 0 saturated heterocycles. The maximum atomic E-state index is 11.8. The highest BCUT2D eigenvalue weighted by atomic mass is 32.2. The fourth-order valence-electron chi connectivity index (χ4n) is 1.12. The molecular formula is C10H10N4O2S. The van der Waals surface area contributed by atoms with Crippen molar-refractivity contribution < 1.29 is 8.42 Å². The van der Waals surface area contributed by atoms with Gasteiger partial charge in [0.1, 0.15) is 16.7 Å². The van der Waals surface area contributed by atoms with Crippen LogP contribution in [0.4, 0.5) is 0 Å². The zero-order chi connectivity index (χ0) is 12.9. The lowest BCUT2D eigenvalue weighted by atomic mass is 10.3. The quantitative estimate of drug-likeness (QED) is 0.838. The standard InChI is InChI=1S/C10H10N4O2S/c1-8(4-5-11)14-17(15,16)10-3-2-9(6-12)13-7-10/h2-3,7-8,14H,4H2,1H3. The molecule has 0 bridgehead atoms. The van der Waals surface area contributed by atoms with Gasteiger partial charge in [-0.05, 0) is 19.1 Å². The molecule has 7 heteroatoms. The topological polar surface area (TPSA) is 107 Å². The van der Waals surface area contributed by atoms with Gasteiger partial charge in [0.15, 0.2) is 0 Å². The molecular weight excluding hydrogens is 240 g/mol. The van der Waals surface area contributed by atoms with Crippen molar-refractivity contribution in [3.05, 3.63) is 24.0 Å². The summed E-state index contributed by atoms with van der Waals surface area (Å²) in [5, 5.41) is 17.0. The fourth-order valence-corrected chi connectivity index (χ4v) is 2.30. The van der Waals surface area contributed by atoms with E-state index in [0.29, 0.717) is 0 Å². The van der Waals surface area contributed by atoms with Crippen LogP contribution in [0.1, 0.15) is 19.0 Å². The SMILES string of the molecule is CC(CC#N)NS(=O)(=O)c1ccc(C#N)nc1. The Balaban J connectivity index is 2.91. The minimum Gasteiger partial charge on any atom is -0.244 e. The average molecular weight is 250 g/mol. The minimum atomic E-state index is -3.68. The molecule has 1 N–H and O–H groups in total. The van der Waals surface area contributed by atoms with Crippen molar-refractivity contribution in [3.8, 4) is 12.1 Å². The summed E-state index contributed by atoms with van der Waals surface area (Å²) in [6.45, 7) is 1.60. The Bertz CT molecular complexity index is 566. The van der Waals surface area contributed by atoms with Gasteiger partial charge in [0.05, 0.1) is 12.5 Å². The first kappa shape index (κ1) is 13.1. The Morgan fingerprint density at radius 3 is 2.65 bits per heavy atom. The highest BCUT2D eigenvalue weighted by Crippen LogP contribution is 2.08. The lowest BCUT2D eigenvalue weighted by molar-refractivity contribution is 0.562. The molecule has 1 aromatic rings. The van der Waals surface area contributed by atoms with E-state index >= 15 is 0 Å². The van der Waals surface area contributed by atoms with E-state index in [-0.39, 0.29) is 17.0 Å². The van der Waals surface area contributed by atoms with E-state index in [0.717, 1.165) is 6.20 Å². The second-order valence-corrected chi connectivity index (χ2v) is 5.09. The van der Waals surface area contributed by atoms with E-state index in [1.807, 2.05) is 6.07 Å². The molecule has 0 fully saturated rings. The normalized spacial score (nSPS) is 12.4. The number of sulfonamides is 1. The zero-order valence-corrected chi connectivity index (χ0v) is 9.90. The second-order valence-electron chi connectivity index (χ2n) is 3.38. The van der Waals surface area contributed by atoms with Gasteiger partial charge in [0.2, 0.25) is 10.0 Å². The molecule has 0 aliphatic carbocycles. The number of hydrogen-bond donors (Lipinski definition) is 1.